The van der Waals surface area contributed by atoms with Gasteiger partial charge in [-0.15, -0.1) is 0 Å². The second kappa shape index (κ2) is 8.37. The molecule has 21 heavy (non-hydrogen) atoms. The fourth-order valence-electron chi connectivity index (χ4n) is 2.57. The summed E-state index contributed by atoms with van der Waals surface area (Å²) in [6.45, 7) is 0. The maximum absolute atomic E-state index is 10.8. The molecule has 0 spiro atoms. The normalized spacial score (nSPS) is 10.7. The Morgan fingerprint density at radius 1 is 1.05 bits per heavy atom. The van der Waals surface area contributed by atoms with Gasteiger partial charge in [0.2, 0.25) is 5.91 Å². The maximum Gasteiger partial charge on any atom is 0.243 e. The first-order valence-corrected chi connectivity index (χ1v) is 7.56. The van der Waals surface area contributed by atoms with Gasteiger partial charge in [0.1, 0.15) is 0 Å². The van der Waals surface area contributed by atoms with Gasteiger partial charge in [-0.2, -0.15) is 0 Å². The van der Waals surface area contributed by atoms with Gasteiger partial charge in [-0.1, -0.05) is 43.5 Å². The first kappa shape index (κ1) is 15.4. The van der Waals surface area contributed by atoms with E-state index < -0.39 is 0 Å². The van der Waals surface area contributed by atoms with Crippen LogP contribution in [0.15, 0.2) is 36.7 Å². The molecule has 0 aliphatic rings. The second-order valence-electron chi connectivity index (χ2n) is 5.32. The highest BCUT2D eigenvalue weighted by molar-refractivity contribution is 5.84. The average molecular weight is 286 g/mol. The molecular weight excluding hydrogens is 264 g/mol. The first-order chi connectivity index (χ1) is 10.3. The summed E-state index contributed by atoms with van der Waals surface area (Å²) >= 11 is 0. The molecular formula is C17H22N2O2. The lowest BCUT2D eigenvalue weighted by Crippen LogP contribution is -2.17. The number of carbonyl (C=O) groups is 1. The number of unbranched alkanes of at least 4 members (excludes halogenated alkanes) is 4. The number of aryl methyl sites for hydroxylation is 1. The van der Waals surface area contributed by atoms with E-state index in [-0.39, 0.29) is 5.91 Å². The molecule has 112 valence electrons. The largest absolute Gasteiger partial charge is 0.289 e. The monoisotopic (exact) mass is 286 g/mol. The van der Waals surface area contributed by atoms with Gasteiger partial charge in [0, 0.05) is 24.2 Å². The maximum atomic E-state index is 10.8. The number of amides is 1. The molecule has 1 amide bonds. The van der Waals surface area contributed by atoms with Crippen molar-refractivity contribution in [2.45, 2.75) is 44.9 Å². The quantitative estimate of drug-likeness (QED) is 0.442. The zero-order chi connectivity index (χ0) is 14.9. The Labute approximate surface area is 125 Å². The number of carbonyl (C=O) groups excluding carboxylic acids is 1. The van der Waals surface area contributed by atoms with E-state index in [2.05, 4.69) is 23.2 Å². The van der Waals surface area contributed by atoms with Crippen molar-refractivity contribution >= 4 is 16.7 Å². The SMILES string of the molecule is O=C(CCCCCCCc1cncc2ccccc12)NO. The van der Waals surface area contributed by atoms with Gasteiger partial charge in [0.25, 0.3) is 0 Å². The highest BCUT2D eigenvalue weighted by atomic mass is 16.5. The lowest BCUT2D eigenvalue weighted by atomic mass is 10.0. The van der Waals surface area contributed by atoms with Crippen LogP contribution in [-0.2, 0) is 11.2 Å². The van der Waals surface area contributed by atoms with Gasteiger partial charge in [-0.3, -0.25) is 15.0 Å². The van der Waals surface area contributed by atoms with Crippen molar-refractivity contribution < 1.29 is 10.0 Å². The van der Waals surface area contributed by atoms with Crippen LogP contribution >= 0.6 is 0 Å². The zero-order valence-electron chi connectivity index (χ0n) is 12.2. The van der Waals surface area contributed by atoms with Crippen molar-refractivity contribution in [2.75, 3.05) is 0 Å². The number of fused-ring (bicyclic) bond motifs is 1. The number of rotatable bonds is 8. The van der Waals surface area contributed by atoms with Crippen LogP contribution in [0.1, 0.15) is 44.1 Å². The van der Waals surface area contributed by atoms with Crippen molar-refractivity contribution in [3.05, 3.63) is 42.2 Å². The summed E-state index contributed by atoms with van der Waals surface area (Å²) in [5, 5.41) is 10.9. The van der Waals surface area contributed by atoms with E-state index >= 15 is 0 Å². The van der Waals surface area contributed by atoms with E-state index in [1.165, 1.54) is 16.3 Å². The lowest BCUT2D eigenvalue weighted by Gasteiger charge is -2.06. The number of hydrogen-bond acceptors (Lipinski definition) is 3. The molecule has 0 bridgehead atoms. The Hall–Kier alpha value is -1.94. The molecule has 0 unspecified atom stereocenters. The van der Waals surface area contributed by atoms with Gasteiger partial charge in [0.05, 0.1) is 0 Å². The minimum Gasteiger partial charge on any atom is -0.289 e. The summed E-state index contributed by atoms with van der Waals surface area (Å²) in [4.78, 5) is 15.1. The van der Waals surface area contributed by atoms with Crippen LogP contribution in [0.25, 0.3) is 10.8 Å². The Morgan fingerprint density at radius 3 is 2.67 bits per heavy atom. The Balaban J connectivity index is 1.70. The molecule has 4 nitrogen and oxygen atoms in total. The van der Waals surface area contributed by atoms with E-state index in [0.29, 0.717) is 6.42 Å². The van der Waals surface area contributed by atoms with Crippen LogP contribution in [0.5, 0.6) is 0 Å². The van der Waals surface area contributed by atoms with E-state index in [4.69, 9.17) is 5.21 Å². The third-order valence-electron chi connectivity index (χ3n) is 3.73. The molecule has 0 saturated carbocycles. The van der Waals surface area contributed by atoms with Crippen LogP contribution in [0.3, 0.4) is 0 Å². The smallest absolute Gasteiger partial charge is 0.243 e. The summed E-state index contributed by atoms with van der Waals surface area (Å²) in [5.41, 5.74) is 2.97. The van der Waals surface area contributed by atoms with Crippen LogP contribution in [0, 0.1) is 0 Å². The van der Waals surface area contributed by atoms with Crippen molar-refractivity contribution in [1.82, 2.24) is 10.5 Å². The Kier molecular flexibility index (Phi) is 6.16. The highest BCUT2D eigenvalue weighted by Gasteiger charge is 2.02. The minimum absolute atomic E-state index is 0.295. The van der Waals surface area contributed by atoms with E-state index in [1.807, 2.05) is 18.5 Å². The molecule has 1 aromatic heterocycles. The van der Waals surface area contributed by atoms with Crippen LogP contribution in [-0.4, -0.2) is 16.1 Å². The van der Waals surface area contributed by atoms with Gasteiger partial charge in [-0.05, 0) is 30.2 Å². The van der Waals surface area contributed by atoms with E-state index in [0.717, 1.165) is 38.5 Å². The van der Waals surface area contributed by atoms with Crippen molar-refractivity contribution in [1.29, 1.82) is 0 Å². The third kappa shape index (κ3) is 4.83. The molecule has 2 rings (SSSR count). The molecule has 2 aromatic rings. The van der Waals surface area contributed by atoms with E-state index in [1.54, 1.807) is 5.48 Å². The standard InChI is InChI=1S/C17H22N2O2/c20-17(19-21)11-5-3-1-2-4-8-14-12-18-13-15-9-6-7-10-16(14)15/h6-7,9-10,12-13,21H,1-5,8,11H2,(H,19,20). The van der Waals surface area contributed by atoms with Crippen molar-refractivity contribution in [2.24, 2.45) is 0 Å². The van der Waals surface area contributed by atoms with Crippen LogP contribution in [0.2, 0.25) is 0 Å². The minimum atomic E-state index is -0.295. The lowest BCUT2D eigenvalue weighted by molar-refractivity contribution is -0.129. The fourth-order valence-corrected chi connectivity index (χ4v) is 2.57. The number of benzene rings is 1. The van der Waals surface area contributed by atoms with Gasteiger partial charge < -0.3 is 0 Å². The molecule has 1 aromatic carbocycles. The molecule has 0 atom stereocenters. The van der Waals surface area contributed by atoms with Crippen molar-refractivity contribution in [3.63, 3.8) is 0 Å². The zero-order valence-corrected chi connectivity index (χ0v) is 12.2. The summed E-state index contributed by atoms with van der Waals surface area (Å²) in [6, 6.07) is 8.35. The van der Waals surface area contributed by atoms with E-state index in [9.17, 15) is 4.79 Å². The predicted octanol–water partition coefficient (Wildman–Crippen LogP) is 3.62. The number of aromatic nitrogens is 1. The number of nitrogens with one attached hydrogen (secondary N) is 1. The predicted molar refractivity (Wildman–Crippen MR) is 83.1 cm³/mol. The van der Waals surface area contributed by atoms with Gasteiger partial charge >= 0.3 is 0 Å². The topological polar surface area (TPSA) is 62.2 Å². The first-order valence-electron chi connectivity index (χ1n) is 7.56. The Morgan fingerprint density at radius 2 is 1.81 bits per heavy atom. The molecule has 0 saturated heterocycles. The molecule has 4 heteroatoms. The van der Waals surface area contributed by atoms with Crippen LogP contribution in [0.4, 0.5) is 0 Å². The molecule has 2 N–H and O–H groups in total. The third-order valence-corrected chi connectivity index (χ3v) is 3.73. The molecule has 0 aliphatic heterocycles. The number of hydroxylamine groups is 1. The number of nitrogens with zero attached hydrogens (tertiary/aromatic N) is 1. The summed E-state index contributed by atoms with van der Waals surface area (Å²) in [7, 11) is 0. The summed E-state index contributed by atoms with van der Waals surface area (Å²) in [6.07, 6.45) is 10.6. The number of hydrogen-bond donors (Lipinski definition) is 2. The highest BCUT2D eigenvalue weighted by Crippen LogP contribution is 2.19. The van der Waals surface area contributed by atoms with Crippen molar-refractivity contribution in [3.8, 4) is 0 Å². The average Bonchev–Trinajstić information content (AvgIpc) is 2.53. The second-order valence-corrected chi connectivity index (χ2v) is 5.32. The summed E-state index contributed by atoms with van der Waals surface area (Å²) < 4.78 is 0. The molecule has 0 aliphatic carbocycles. The molecule has 0 radical (unpaired) electrons. The molecule has 1 heterocycles. The number of pyridine rings is 1. The summed E-state index contributed by atoms with van der Waals surface area (Å²) in [5.74, 6) is -0.295. The van der Waals surface area contributed by atoms with Gasteiger partial charge in [-0.25, -0.2) is 5.48 Å². The van der Waals surface area contributed by atoms with Crippen LogP contribution < -0.4 is 5.48 Å². The van der Waals surface area contributed by atoms with Gasteiger partial charge in [0.15, 0.2) is 0 Å². The molecule has 0 fully saturated rings. The fraction of sp³-hybridized carbons (Fsp3) is 0.412. The Bertz CT molecular complexity index is 579.